The summed E-state index contributed by atoms with van der Waals surface area (Å²) >= 11 is 12.1. The number of esters is 1. The van der Waals surface area contributed by atoms with Gasteiger partial charge in [0.15, 0.2) is 0 Å². The number of carbonyl (C=O) groups is 4. The largest absolute Gasteiger partial charge is 0.491 e. The normalized spacial score (nSPS) is 11.1. The number of unbranched alkanes of at least 4 members (excludes halogenated alkanes) is 1. The number of nitrogens with zero attached hydrogens (tertiary/aromatic N) is 2. The lowest BCUT2D eigenvalue weighted by molar-refractivity contribution is -0.141. The first-order valence-corrected chi connectivity index (χ1v) is 20.0. The van der Waals surface area contributed by atoms with E-state index in [4.69, 9.17) is 52.6 Å². The van der Waals surface area contributed by atoms with E-state index in [9.17, 15) is 19.2 Å². The van der Waals surface area contributed by atoms with E-state index in [0.29, 0.717) is 80.4 Å². The van der Waals surface area contributed by atoms with E-state index < -0.39 is 29.6 Å². The second-order valence-electron chi connectivity index (χ2n) is 13.3. The molecule has 0 aliphatic heterocycles. The molecule has 4 N–H and O–H groups in total. The maximum absolute atomic E-state index is 12.7. The number of benzene rings is 2. The topological polar surface area (TPSA) is 181 Å². The van der Waals surface area contributed by atoms with Crippen LogP contribution in [0.2, 0.25) is 10.0 Å². The quantitative estimate of drug-likeness (QED) is 0.0727. The van der Waals surface area contributed by atoms with Crippen molar-refractivity contribution in [1.29, 1.82) is 0 Å². The van der Waals surface area contributed by atoms with Gasteiger partial charge in [0.2, 0.25) is 11.8 Å². The summed E-state index contributed by atoms with van der Waals surface area (Å²) in [4.78, 5) is 55.1. The van der Waals surface area contributed by atoms with Crippen molar-refractivity contribution in [2.24, 2.45) is 5.73 Å². The molecule has 0 bridgehead atoms. The highest BCUT2D eigenvalue weighted by molar-refractivity contribution is 6.34. The van der Waals surface area contributed by atoms with Crippen LogP contribution in [0.5, 0.6) is 5.75 Å². The molecule has 0 radical (unpaired) electrons. The standard InChI is InChI=1S/C27H34Cl2N4O6.C13H21NO3.C2H6/c1-27(2,3)39-26(37)33(22-9-5-7-11-30-22)12-8-6-10-23(34)31-17-24(35)32-21(16-25(36)38-4)18-13-19(28)15-20(29)14-18;1-12-2-4-13(5-3-12)17-11-10-16-9-8-15-7-6-14;1-2/h5,7,9,11,13-15,21H,6,8,10,12,16-17H2,1-4H3,(H,31,34)(H,32,35);2-5H,6-11,14H2,1H3;1-2H3. The average Bonchev–Trinajstić information content (AvgIpc) is 3.18. The fraction of sp³-hybridized carbons (Fsp3) is 0.500. The molecule has 14 nitrogen and oxygen atoms in total. The van der Waals surface area contributed by atoms with E-state index in [1.807, 2.05) is 45.0 Å². The molecule has 16 heteroatoms. The first-order valence-electron chi connectivity index (χ1n) is 19.3. The molecule has 0 spiro atoms. The van der Waals surface area contributed by atoms with Crippen LogP contribution in [0.25, 0.3) is 0 Å². The minimum Gasteiger partial charge on any atom is -0.491 e. The van der Waals surface area contributed by atoms with Crippen LogP contribution in [0, 0.1) is 6.92 Å². The van der Waals surface area contributed by atoms with Crippen molar-refractivity contribution < 1.29 is 42.9 Å². The zero-order chi connectivity index (χ0) is 43.3. The maximum Gasteiger partial charge on any atom is 0.416 e. The molecule has 3 rings (SSSR count). The van der Waals surface area contributed by atoms with E-state index in [-0.39, 0.29) is 25.3 Å². The highest BCUT2D eigenvalue weighted by atomic mass is 35.5. The molecule has 0 fully saturated rings. The smallest absolute Gasteiger partial charge is 0.416 e. The zero-order valence-electron chi connectivity index (χ0n) is 34.8. The number of carbonyl (C=O) groups excluding carboxylic acids is 4. The third kappa shape index (κ3) is 23.7. The van der Waals surface area contributed by atoms with Crippen LogP contribution >= 0.6 is 23.2 Å². The minimum atomic E-state index is -0.747. The van der Waals surface area contributed by atoms with Gasteiger partial charge < -0.3 is 40.1 Å². The molecular weight excluding hydrogens is 789 g/mol. The van der Waals surface area contributed by atoms with Crippen molar-refractivity contribution in [3.8, 4) is 5.75 Å². The van der Waals surface area contributed by atoms with Crippen LogP contribution < -0.4 is 26.0 Å². The third-order valence-electron chi connectivity index (χ3n) is 7.39. The number of anilines is 1. The van der Waals surface area contributed by atoms with E-state index in [2.05, 4.69) is 15.6 Å². The number of amides is 3. The Balaban J connectivity index is 0.000000736. The van der Waals surface area contributed by atoms with Gasteiger partial charge in [0.25, 0.3) is 0 Å². The summed E-state index contributed by atoms with van der Waals surface area (Å²) in [6.45, 7) is 14.8. The first-order chi connectivity index (χ1) is 27.7. The Kier molecular flexibility index (Phi) is 26.4. The molecule has 0 saturated carbocycles. The fourth-order valence-electron chi connectivity index (χ4n) is 4.73. The van der Waals surface area contributed by atoms with E-state index >= 15 is 0 Å². The van der Waals surface area contributed by atoms with E-state index in [1.54, 1.807) is 57.3 Å². The Hall–Kier alpha value is -4.47. The molecule has 1 unspecified atom stereocenters. The molecule has 0 aliphatic carbocycles. The highest BCUT2D eigenvalue weighted by Crippen LogP contribution is 2.26. The molecule has 322 valence electrons. The number of aryl methyl sites for hydroxylation is 1. The molecule has 3 aromatic rings. The molecule has 3 amide bonds. The summed E-state index contributed by atoms with van der Waals surface area (Å²) in [6, 6.07) is 17.2. The number of aromatic nitrogens is 1. The Bertz CT molecular complexity index is 1610. The van der Waals surface area contributed by atoms with Gasteiger partial charge in [0.1, 0.15) is 23.8 Å². The Morgan fingerprint density at radius 2 is 1.50 bits per heavy atom. The van der Waals surface area contributed by atoms with Gasteiger partial charge in [-0.1, -0.05) is 60.8 Å². The average molecular weight is 851 g/mol. The van der Waals surface area contributed by atoms with Gasteiger partial charge in [0.05, 0.1) is 52.5 Å². The van der Waals surface area contributed by atoms with E-state index in [0.717, 1.165) is 5.75 Å². The predicted octanol–water partition coefficient (Wildman–Crippen LogP) is 7.23. The lowest BCUT2D eigenvalue weighted by atomic mass is 10.0. The molecule has 58 heavy (non-hydrogen) atoms. The van der Waals surface area contributed by atoms with Crippen molar-refractivity contribution in [1.82, 2.24) is 15.6 Å². The molecule has 2 aromatic carbocycles. The minimum absolute atomic E-state index is 0.142. The van der Waals surface area contributed by atoms with Gasteiger partial charge in [-0.3, -0.25) is 19.3 Å². The number of hydrogen-bond acceptors (Lipinski definition) is 11. The van der Waals surface area contributed by atoms with Gasteiger partial charge in [0, 0.05) is 35.8 Å². The van der Waals surface area contributed by atoms with Crippen molar-refractivity contribution in [2.45, 2.75) is 78.9 Å². The summed E-state index contributed by atoms with van der Waals surface area (Å²) in [7, 11) is 1.25. The van der Waals surface area contributed by atoms with Gasteiger partial charge in [-0.05, 0) is 88.6 Å². The first kappa shape index (κ1) is 51.5. The number of rotatable bonds is 21. The lowest BCUT2D eigenvalue weighted by Gasteiger charge is -2.26. The van der Waals surface area contributed by atoms with Crippen LogP contribution in [-0.4, -0.2) is 94.2 Å². The SMILES string of the molecule is CC.COC(=O)CC(NC(=O)CNC(=O)CCCCN(C(=O)OC(C)(C)C)c1ccccn1)c1cc(Cl)cc(Cl)c1.Cc1ccc(OCCOCCOCCN)cc1. The van der Waals surface area contributed by atoms with E-state index in [1.165, 1.54) is 23.6 Å². The second-order valence-corrected chi connectivity index (χ2v) is 14.2. The van der Waals surface area contributed by atoms with Gasteiger partial charge in [-0.25, -0.2) is 9.78 Å². The number of halogens is 2. The monoisotopic (exact) mass is 849 g/mol. The summed E-state index contributed by atoms with van der Waals surface area (Å²) in [5, 5.41) is 5.97. The van der Waals surface area contributed by atoms with Crippen molar-refractivity contribution >= 4 is 52.9 Å². The molecule has 1 heterocycles. The van der Waals surface area contributed by atoms with Crippen LogP contribution in [0.3, 0.4) is 0 Å². The Morgan fingerprint density at radius 1 is 0.862 bits per heavy atom. The van der Waals surface area contributed by atoms with Crippen LogP contribution in [0.4, 0.5) is 10.6 Å². The number of nitrogens with two attached hydrogens (primary N) is 1. The number of pyridine rings is 1. The molecule has 0 saturated heterocycles. The Labute approximate surface area is 353 Å². The van der Waals surface area contributed by atoms with Gasteiger partial charge in [-0.15, -0.1) is 0 Å². The predicted molar refractivity (Wildman–Crippen MR) is 227 cm³/mol. The fourth-order valence-corrected chi connectivity index (χ4v) is 5.28. The summed E-state index contributed by atoms with van der Waals surface area (Å²) in [6.07, 6.45) is 2.04. The van der Waals surface area contributed by atoms with Gasteiger partial charge in [-0.2, -0.15) is 0 Å². The summed E-state index contributed by atoms with van der Waals surface area (Å²) in [5.41, 5.74) is 6.37. The van der Waals surface area contributed by atoms with Gasteiger partial charge >= 0.3 is 12.1 Å². The second kappa shape index (κ2) is 29.7. The summed E-state index contributed by atoms with van der Waals surface area (Å²) in [5.74, 6) is -0.0396. The zero-order valence-corrected chi connectivity index (χ0v) is 36.3. The third-order valence-corrected chi connectivity index (χ3v) is 7.83. The molecule has 1 aromatic heterocycles. The molecular formula is C42H61Cl2N5O9. The van der Waals surface area contributed by atoms with Crippen molar-refractivity contribution in [3.05, 3.63) is 88.0 Å². The lowest BCUT2D eigenvalue weighted by Crippen LogP contribution is -2.39. The van der Waals surface area contributed by atoms with Crippen LogP contribution in [0.15, 0.2) is 66.9 Å². The highest BCUT2D eigenvalue weighted by Gasteiger charge is 2.24. The number of nitrogens with one attached hydrogen (secondary N) is 2. The summed E-state index contributed by atoms with van der Waals surface area (Å²) < 4.78 is 26.2. The number of ether oxygens (including phenoxy) is 5. The molecule has 0 aliphatic rings. The van der Waals surface area contributed by atoms with Crippen molar-refractivity contribution in [2.75, 3.05) is 64.7 Å². The van der Waals surface area contributed by atoms with Crippen LogP contribution in [-0.2, 0) is 33.3 Å². The van der Waals surface area contributed by atoms with Crippen molar-refractivity contribution in [3.63, 3.8) is 0 Å². The number of methoxy groups -OCH3 is 1. The van der Waals surface area contributed by atoms with Crippen LogP contribution in [0.1, 0.15) is 77.5 Å². The molecule has 1 atom stereocenters. The Morgan fingerprint density at radius 3 is 2.09 bits per heavy atom. The maximum atomic E-state index is 12.7. The number of hydrogen-bond donors (Lipinski definition) is 3.